The number of rotatable bonds is 5. The molecule has 0 spiro atoms. The fraction of sp³-hybridized carbons (Fsp3) is 0.118. The van der Waals surface area contributed by atoms with E-state index in [-0.39, 0.29) is 29.3 Å². The highest BCUT2D eigenvalue weighted by Gasteiger charge is 2.34. The minimum absolute atomic E-state index is 0.0725. The maximum absolute atomic E-state index is 12.5. The van der Waals surface area contributed by atoms with Crippen molar-refractivity contribution in [3.05, 3.63) is 63.2 Å². The van der Waals surface area contributed by atoms with Gasteiger partial charge in [0.1, 0.15) is 11.5 Å². The van der Waals surface area contributed by atoms with Crippen LogP contribution in [0, 0.1) is 10.1 Å². The van der Waals surface area contributed by atoms with Gasteiger partial charge in [0.15, 0.2) is 5.75 Å². The first-order valence-corrected chi connectivity index (χ1v) is 7.79. The van der Waals surface area contributed by atoms with E-state index < -0.39 is 34.3 Å². The van der Waals surface area contributed by atoms with Gasteiger partial charge in [0.25, 0.3) is 5.91 Å². The average Bonchev–Trinajstić information content (AvgIpc) is 3.23. The fourth-order valence-corrected chi connectivity index (χ4v) is 2.49. The number of nitrogens with one attached hydrogen (secondary N) is 1. The summed E-state index contributed by atoms with van der Waals surface area (Å²) in [5, 5.41) is 22.7. The van der Waals surface area contributed by atoms with Gasteiger partial charge in [0, 0.05) is 6.07 Å². The molecule has 0 unspecified atom stereocenters. The predicted octanol–water partition coefficient (Wildman–Crippen LogP) is 1.77. The van der Waals surface area contributed by atoms with E-state index in [4.69, 9.17) is 4.42 Å². The zero-order valence-electron chi connectivity index (χ0n) is 14.4. The van der Waals surface area contributed by atoms with Crippen LogP contribution in [-0.2, 0) is 16.1 Å². The number of aromatic hydroxyl groups is 1. The molecule has 144 valence electrons. The van der Waals surface area contributed by atoms with Gasteiger partial charge in [-0.25, -0.2) is 9.59 Å². The molecule has 28 heavy (non-hydrogen) atoms. The maximum Gasteiger partial charge on any atom is 0.373 e. The van der Waals surface area contributed by atoms with Crippen LogP contribution in [0.15, 0.2) is 40.4 Å². The molecule has 0 atom stereocenters. The van der Waals surface area contributed by atoms with Crippen molar-refractivity contribution in [2.45, 2.75) is 6.54 Å². The Kier molecular flexibility index (Phi) is 4.81. The van der Waals surface area contributed by atoms with Crippen molar-refractivity contribution in [3.8, 4) is 5.75 Å². The molecule has 11 nitrogen and oxygen atoms in total. The zero-order chi connectivity index (χ0) is 20.4. The van der Waals surface area contributed by atoms with E-state index in [1.165, 1.54) is 31.4 Å². The molecule has 2 aromatic rings. The van der Waals surface area contributed by atoms with E-state index in [2.05, 4.69) is 10.1 Å². The van der Waals surface area contributed by atoms with Crippen molar-refractivity contribution in [1.82, 2.24) is 10.2 Å². The Bertz CT molecular complexity index is 1020. The van der Waals surface area contributed by atoms with E-state index in [1.807, 2.05) is 0 Å². The van der Waals surface area contributed by atoms with Crippen LogP contribution in [0.2, 0.25) is 0 Å². The number of phenols is 1. The summed E-state index contributed by atoms with van der Waals surface area (Å²) in [6.07, 6.45) is 1.24. The minimum atomic E-state index is -0.769. The summed E-state index contributed by atoms with van der Waals surface area (Å²) >= 11 is 0. The van der Waals surface area contributed by atoms with Gasteiger partial charge in [-0.15, -0.1) is 0 Å². The summed E-state index contributed by atoms with van der Waals surface area (Å²) in [6.45, 7) is -0.227. The molecule has 0 saturated carbocycles. The Morgan fingerprint density at radius 1 is 1.36 bits per heavy atom. The lowest BCUT2D eigenvalue weighted by Crippen LogP contribution is -2.30. The predicted molar refractivity (Wildman–Crippen MR) is 91.9 cm³/mol. The Morgan fingerprint density at radius 2 is 2.11 bits per heavy atom. The zero-order valence-corrected chi connectivity index (χ0v) is 14.4. The van der Waals surface area contributed by atoms with E-state index in [9.17, 15) is 29.6 Å². The number of ether oxygens (including phenoxy) is 1. The first-order chi connectivity index (χ1) is 13.3. The normalized spacial score (nSPS) is 15.0. The van der Waals surface area contributed by atoms with Crippen molar-refractivity contribution >= 4 is 29.7 Å². The fourth-order valence-electron chi connectivity index (χ4n) is 2.49. The SMILES string of the molecule is COC(=O)c1ccc(CN2C(=O)N/C(=C\c3ccc(O)c([N+](=O)[O-])c3)C2=O)o1. The molecule has 0 aliphatic carbocycles. The number of phenolic OH excluding ortho intramolecular Hbond substituents is 1. The highest BCUT2D eigenvalue weighted by atomic mass is 16.6. The third-order valence-corrected chi connectivity index (χ3v) is 3.83. The number of carbonyl (C=O) groups is 3. The summed E-state index contributed by atoms with van der Waals surface area (Å²) in [5.74, 6) is -1.79. The van der Waals surface area contributed by atoms with Gasteiger partial charge < -0.3 is 19.6 Å². The number of carbonyl (C=O) groups excluding carboxylic acids is 3. The van der Waals surface area contributed by atoms with Gasteiger partial charge in [0.05, 0.1) is 18.6 Å². The molecule has 1 aromatic carbocycles. The molecule has 1 aliphatic rings. The lowest BCUT2D eigenvalue weighted by atomic mass is 10.1. The summed E-state index contributed by atoms with van der Waals surface area (Å²) in [7, 11) is 1.19. The highest BCUT2D eigenvalue weighted by molar-refractivity contribution is 6.13. The number of methoxy groups -OCH3 is 1. The first-order valence-electron chi connectivity index (χ1n) is 7.79. The Labute approximate surface area is 156 Å². The Morgan fingerprint density at radius 3 is 2.79 bits per heavy atom. The molecule has 11 heteroatoms. The van der Waals surface area contributed by atoms with Gasteiger partial charge in [-0.3, -0.25) is 19.8 Å². The molecular formula is C17H13N3O8. The molecule has 1 aliphatic heterocycles. The maximum atomic E-state index is 12.5. The molecule has 2 N–H and O–H groups in total. The second kappa shape index (κ2) is 7.23. The molecule has 1 saturated heterocycles. The van der Waals surface area contributed by atoms with Crippen LogP contribution in [-0.4, -0.2) is 39.9 Å². The number of urea groups is 1. The number of nitrogens with zero attached hydrogens (tertiary/aromatic N) is 2. The summed E-state index contributed by atoms with van der Waals surface area (Å²) in [6, 6.07) is 5.59. The van der Waals surface area contributed by atoms with E-state index >= 15 is 0 Å². The lowest BCUT2D eigenvalue weighted by Gasteiger charge is -2.09. The monoisotopic (exact) mass is 387 g/mol. The van der Waals surface area contributed by atoms with Crippen LogP contribution < -0.4 is 5.32 Å². The minimum Gasteiger partial charge on any atom is -0.502 e. The van der Waals surface area contributed by atoms with Crippen molar-refractivity contribution in [2.75, 3.05) is 7.11 Å². The number of esters is 1. The second-order valence-electron chi connectivity index (χ2n) is 5.64. The van der Waals surface area contributed by atoms with Crippen LogP contribution in [0.25, 0.3) is 6.08 Å². The number of amides is 3. The van der Waals surface area contributed by atoms with Gasteiger partial charge in [-0.2, -0.15) is 0 Å². The Hall–Kier alpha value is -4.15. The largest absolute Gasteiger partial charge is 0.502 e. The Balaban J connectivity index is 1.81. The summed E-state index contributed by atoms with van der Waals surface area (Å²) in [5.41, 5.74) is -0.403. The quantitative estimate of drug-likeness (QED) is 0.259. The first kappa shape index (κ1) is 18.6. The molecule has 3 amide bonds. The molecule has 1 fully saturated rings. The summed E-state index contributed by atoms with van der Waals surface area (Å²) in [4.78, 5) is 46.9. The van der Waals surface area contributed by atoms with E-state index in [1.54, 1.807) is 0 Å². The second-order valence-corrected chi connectivity index (χ2v) is 5.64. The van der Waals surface area contributed by atoms with Gasteiger partial charge in [-0.05, 0) is 29.8 Å². The molecule has 1 aromatic heterocycles. The van der Waals surface area contributed by atoms with E-state index in [0.29, 0.717) is 0 Å². The van der Waals surface area contributed by atoms with Crippen LogP contribution >= 0.6 is 0 Å². The molecule has 0 radical (unpaired) electrons. The number of hydrogen-bond donors (Lipinski definition) is 2. The molecule has 0 bridgehead atoms. The van der Waals surface area contributed by atoms with Crippen molar-refractivity contribution in [2.24, 2.45) is 0 Å². The van der Waals surface area contributed by atoms with Crippen molar-refractivity contribution < 1.29 is 33.6 Å². The number of nitro groups is 1. The smallest absolute Gasteiger partial charge is 0.373 e. The van der Waals surface area contributed by atoms with Crippen molar-refractivity contribution in [3.63, 3.8) is 0 Å². The van der Waals surface area contributed by atoms with E-state index in [0.717, 1.165) is 17.0 Å². The van der Waals surface area contributed by atoms with Crippen LogP contribution in [0.3, 0.4) is 0 Å². The number of benzene rings is 1. The third-order valence-electron chi connectivity index (χ3n) is 3.83. The average molecular weight is 387 g/mol. The number of hydrogen-bond acceptors (Lipinski definition) is 8. The summed E-state index contributed by atoms with van der Waals surface area (Å²) < 4.78 is 9.75. The lowest BCUT2D eigenvalue weighted by molar-refractivity contribution is -0.385. The number of imide groups is 1. The number of furan rings is 1. The number of nitro benzene ring substituents is 1. The van der Waals surface area contributed by atoms with Crippen molar-refractivity contribution in [1.29, 1.82) is 0 Å². The van der Waals surface area contributed by atoms with Crippen LogP contribution in [0.5, 0.6) is 5.75 Å². The molecule has 3 rings (SSSR count). The van der Waals surface area contributed by atoms with Gasteiger partial charge in [-0.1, -0.05) is 6.07 Å². The highest BCUT2D eigenvalue weighted by Crippen LogP contribution is 2.27. The topological polar surface area (TPSA) is 152 Å². The van der Waals surface area contributed by atoms with Crippen LogP contribution in [0.1, 0.15) is 21.9 Å². The molecular weight excluding hydrogens is 374 g/mol. The third kappa shape index (κ3) is 3.53. The van der Waals surface area contributed by atoms with Gasteiger partial charge in [0.2, 0.25) is 5.76 Å². The van der Waals surface area contributed by atoms with Gasteiger partial charge >= 0.3 is 17.7 Å². The molecule has 2 heterocycles. The standard InChI is InChI=1S/C17H13N3O8/c1-27-16(23)14-5-3-10(28-14)8-19-15(22)11(18-17(19)24)6-9-2-4-13(21)12(7-9)20(25)26/h2-7,21H,8H2,1H3,(H,18,24)/b11-6-. The van der Waals surface area contributed by atoms with Crippen LogP contribution in [0.4, 0.5) is 10.5 Å².